The molecule has 1 aromatic carbocycles. The predicted octanol–water partition coefficient (Wildman–Crippen LogP) is 2.96. The molecule has 0 amide bonds. The lowest BCUT2D eigenvalue weighted by Gasteiger charge is -2.20. The van der Waals surface area contributed by atoms with Crippen LogP contribution < -0.4 is 15.5 Å². The number of hydrogen-bond acceptors (Lipinski definition) is 3. The highest BCUT2D eigenvalue weighted by Gasteiger charge is 2.25. The molecule has 1 unspecified atom stereocenters. The first-order valence-electron chi connectivity index (χ1n) is 8.73. The zero-order chi connectivity index (χ0) is 18.4. The van der Waals surface area contributed by atoms with Crippen molar-refractivity contribution < 1.29 is 8.78 Å². The molecule has 27 heavy (non-hydrogen) atoms. The highest BCUT2D eigenvalue weighted by Crippen LogP contribution is 2.20. The molecule has 2 heterocycles. The van der Waals surface area contributed by atoms with E-state index in [1.165, 1.54) is 12.1 Å². The van der Waals surface area contributed by atoms with Crippen LogP contribution in [0.4, 0.5) is 14.6 Å². The molecule has 3 rings (SSSR count). The van der Waals surface area contributed by atoms with Gasteiger partial charge in [0.05, 0.1) is 0 Å². The molecular formula is C19H24F2IN5. The second-order valence-corrected chi connectivity index (χ2v) is 6.23. The highest BCUT2D eigenvalue weighted by atomic mass is 127. The Morgan fingerprint density at radius 2 is 2.00 bits per heavy atom. The molecule has 0 aliphatic carbocycles. The normalized spacial score (nSPS) is 16.8. The third kappa shape index (κ3) is 5.75. The minimum Gasteiger partial charge on any atom is -0.356 e. The van der Waals surface area contributed by atoms with Gasteiger partial charge in [-0.3, -0.25) is 4.99 Å². The molecular weight excluding hydrogens is 463 g/mol. The van der Waals surface area contributed by atoms with E-state index in [0.29, 0.717) is 36.9 Å². The van der Waals surface area contributed by atoms with E-state index in [0.717, 1.165) is 13.0 Å². The molecule has 8 heteroatoms. The van der Waals surface area contributed by atoms with Gasteiger partial charge in [-0.15, -0.1) is 24.0 Å². The molecule has 0 bridgehead atoms. The van der Waals surface area contributed by atoms with Crippen LogP contribution in [0.2, 0.25) is 0 Å². The third-order valence-corrected chi connectivity index (χ3v) is 4.44. The standard InChI is InChI=1S/C19H23F2N5.HI/c1-22-19(24-11-8-14-5-2-3-6-16(14)20)25-15-9-12-26(13-15)18-17(21)7-4-10-23-18;/h2-7,10,15H,8-9,11-13H2,1H3,(H2,22,24,25);1H. The van der Waals surface area contributed by atoms with Crippen molar-refractivity contribution in [1.29, 1.82) is 0 Å². The zero-order valence-electron chi connectivity index (χ0n) is 15.2. The van der Waals surface area contributed by atoms with E-state index in [4.69, 9.17) is 0 Å². The van der Waals surface area contributed by atoms with Gasteiger partial charge in [0.1, 0.15) is 5.82 Å². The summed E-state index contributed by atoms with van der Waals surface area (Å²) in [7, 11) is 1.70. The van der Waals surface area contributed by atoms with Crippen LogP contribution in [0.25, 0.3) is 0 Å². The Morgan fingerprint density at radius 1 is 1.22 bits per heavy atom. The van der Waals surface area contributed by atoms with Crippen molar-refractivity contribution >= 4 is 35.8 Å². The predicted molar refractivity (Wildman–Crippen MR) is 115 cm³/mol. The SMILES string of the molecule is CN=C(NCCc1ccccc1F)NC1CCN(c2ncccc2F)C1.I. The summed E-state index contributed by atoms with van der Waals surface area (Å²) in [5.41, 5.74) is 0.674. The van der Waals surface area contributed by atoms with Gasteiger partial charge in [0.2, 0.25) is 0 Å². The van der Waals surface area contributed by atoms with Crippen molar-refractivity contribution in [2.45, 2.75) is 18.9 Å². The smallest absolute Gasteiger partial charge is 0.191 e. The summed E-state index contributed by atoms with van der Waals surface area (Å²) in [6, 6.07) is 9.92. The lowest BCUT2D eigenvalue weighted by Crippen LogP contribution is -2.45. The Balaban J connectivity index is 0.00000261. The second-order valence-electron chi connectivity index (χ2n) is 6.23. The number of nitrogens with one attached hydrogen (secondary N) is 2. The molecule has 0 saturated carbocycles. The first kappa shape index (κ1) is 21.3. The van der Waals surface area contributed by atoms with E-state index < -0.39 is 0 Å². The number of benzene rings is 1. The van der Waals surface area contributed by atoms with Gasteiger partial charge in [-0.05, 0) is 36.6 Å². The van der Waals surface area contributed by atoms with Crippen LogP contribution in [-0.2, 0) is 6.42 Å². The molecule has 1 fully saturated rings. The van der Waals surface area contributed by atoms with E-state index in [9.17, 15) is 8.78 Å². The fourth-order valence-electron chi connectivity index (χ4n) is 3.09. The summed E-state index contributed by atoms with van der Waals surface area (Å²) in [6.07, 6.45) is 3.04. The Hall–Kier alpha value is -1.97. The van der Waals surface area contributed by atoms with Crippen molar-refractivity contribution in [2.75, 3.05) is 31.6 Å². The largest absolute Gasteiger partial charge is 0.356 e. The second kappa shape index (κ2) is 10.4. The molecule has 1 aromatic heterocycles. The number of nitrogens with zero attached hydrogens (tertiary/aromatic N) is 3. The van der Waals surface area contributed by atoms with E-state index in [2.05, 4.69) is 20.6 Å². The average Bonchev–Trinajstić information content (AvgIpc) is 3.11. The highest BCUT2D eigenvalue weighted by molar-refractivity contribution is 14.0. The number of rotatable bonds is 5. The van der Waals surface area contributed by atoms with Crippen LogP contribution >= 0.6 is 24.0 Å². The van der Waals surface area contributed by atoms with Crippen molar-refractivity contribution in [3.8, 4) is 0 Å². The summed E-state index contributed by atoms with van der Waals surface area (Å²) in [5.74, 6) is 0.551. The first-order chi connectivity index (χ1) is 12.7. The third-order valence-electron chi connectivity index (χ3n) is 4.44. The maximum atomic E-state index is 13.9. The van der Waals surface area contributed by atoms with Crippen LogP contribution in [0.5, 0.6) is 0 Å². The molecule has 5 nitrogen and oxygen atoms in total. The van der Waals surface area contributed by atoms with Crippen LogP contribution in [0.1, 0.15) is 12.0 Å². The topological polar surface area (TPSA) is 52.6 Å². The fraction of sp³-hybridized carbons (Fsp3) is 0.368. The summed E-state index contributed by atoms with van der Waals surface area (Å²) < 4.78 is 27.5. The Kier molecular flexibility index (Phi) is 8.21. The van der Waals surface area contributed by atoms with E-state index >= 15 is 0 Å². The lowest BCUT2D eigenvalue weighted by atomic mass is 10.1. The van der Waals surface area contributed by atoms with Crippen molar-refractivity contribution in [3.63, 3.8) is 0 Å². The van der Waals surface area contributed by atoms with Crippen molar-refractivity contribution in [1.82, 2.24) is 15.6 Å². The number of guanidine groups is 1. The molecule has 0 spiro atoms. The minimum absolute atomic E-state index is 0. The molecule has 1 aliphatic rings. The van der Waals surface area contributed by atoms with Gasteiger partial charge in [-0.25, -0.2) is 13.8 Å². The lowest BCUT2D eigenvalue weighted by molar-refractivity contribution is 0.603. The van der Waals surface area contributed by atoms with Gasteiger partial charge in [-0.2, -0.15) is 0 Å². The first-order valence-corrected chi connectivity index (χ1v) is 8.73. The number of hydrogen-bond donors (Lipinski definition) is 2. The van der Waals surface area contributed by atoms with Gasteiger partial charge in [0.25, 0.3) is 0 Å². The van der Waals surface area contributed by atoms with E-state index in [1.807, 2.05) is 11.0 Å². The van der Waals surface area contributed by atoms with Gasteiger partial charge in [0.15, 0.2) is 17.6 Å². The van der Waals surface area contributed by atoms with E-state index in [1.54, 1.807) is 31.4 Å². The number of pyridine rings is 1. The van der Waals surface area contributed by atoms with Crippen molar-refractivity contribution in [2.24, 2.45) is 4.99 Å². The number of aromatic nitrogens is 1. The van der Waals surface area contributed by atoms with Crippen LogP contribution in [0, 0.1) is 11.6 Å². The quantitative estimate of drug-likeness (QED) is 0.387. The van der Waals surface area contributed by atoms with Crippen LogP contribution in [-0.4, -0.2) is 43.7 Å². The van der Waals surface area contributed by atoms with E-state index in [-0.39, 0.29) is 41.7 Å². The molecule has 2 N–H and O–H groups in total. The zero-order valence-corrected chi connectivity index (χ0v) is 17.5. The molecule has 1 aliphatic heterocycles. The Bertz CT molecular complexity index is 771. The van der Waals surface area contributed by atoms with Gasteiger partial charge >= 0.3 is 0 Å². The molecule has 2 aromatic rings. The fourth-order valence-corrected chi connectivity index (χ4v) is 3.09. The number of halogens is 3. The van der Waals surface area contributed by atoms with Gasteiger partial charge in [0, 0.05) is 38.9 Å². The molecule has 1 atom stereocenters. The molecule has 146 valence electrons. The Morgan fingerprint density at radius 3 is 2.74 bits per heavy atom. The summed E-state index contributed by atoms with van der Waals surface area (Å²) >= 11 is 0. The molecule has 0 radical (unpaired) electrons. The van der Waals surface area contributed by atoms with Crippen molar-refractivity contribution in [3.05, 3.63) is 59.8 Å². The van der Waals surface area contributed by atoms with Gasteiger partial charge in [-0.1, -0.05) is 18.2 Å². The number of aliphatic imine (C=N–C) groups is 1. The van der Waals surface area contributed by atoms with Crippen LogP contribution in [0.15, 0.2) is 47.6 Å². The maximum absolute atomic E-state index is 13.9. The van der Waals surface area contributed by atoms with Gasteiger partial charge < -0.3 is 15.5 Å². The summed E-state index contributed by atoms with van der Waals surface area (Å²) in [6.45, 7) is 1.96. The van der Waals surface area contributed by atoms with Crippen LogP contribution in [0.3, 0.4) is 0 Å². The minimum atomic E-state index is -0.305. The summed E-state index contributed by atoms with van der Waals surface area (Å²) in [4.78, 5) is 10.3. The Labute approximate surface area is 175 Å². The average molecular weight is 487 g/mol. The number of anilines is 1. The monoisotopic (exact) mass is 487 g/mol. The summed E-state index contributed by atoms with van der Waals surface area (Å²) in [5, 5.41) is 6.54. The molecule has 1 saturated heterocycles. The maximum Gasteiger partial charge on any atom is 0.191 e.